The predicted octanol–water partition coefficient (Wildman–Crippen LogP) is 1.72. The number of nitrogens with one attached hydrogen (secondary N) is 1. The van der Waals surface area contributed by atoms with Crippen LogP contribution in [0.4, 0.5) is 0 Å². The summed E-state index contributed by atoms with van der Waals surface area (Å²) in [5.41, 5.74) is 1.01. The first-order valence-electron chi connectivity index (χ1n) is 5.96. The molecule has 0 atom stereocenters. The van der Waals surface area contributed by atoms with E-state index >= 15 is 0 Å². The molecule has 0 aromatic heterocycles. The lowest BCUT2D eigenvalue weighted by molar-refractivity contribution is -0.193. The third kappa shape index (κ3) is 3.19. The highest BCUT2D eigenvalue weighted by Crippen LogP contribution is 2.25. The Morgan fingerprint density at radius 2 is 2.12 bits per heavy atom. The van der Waals surface area contributed by atoms with Crippen LogP contribution in [0.5, 0.6) is 5.75 Å². The van der Waals surface area contributed by atoms with Crippen molar-refractivity contribution in [1.29, 1.82) is 0 Å². The summed E-state index contributed by atoms with van der Waals surface area (Å²) in [6.07, 6.45) is -0.278. The van der Waals surface area contributed by atoms with Crippen molar-refractivity contribution >= 4 is 0 Å². The van der Waals surface area contributed by atoms with Crippen LogP contribution >= 0.6 is 0 Å². The first-order valence-corrected chi connectivity index (χ1v) is 5.96. The van der Waals surface area contributed by atoms with Crippen LogP contribution in [0.25, 0.3) is 0 Å². The molecular weight excluding hydrogens is 218 g/mol. The smallest absolute Gasteiger partial charge is 0.184 e. The van der Waals surface area contributed by atoms with Gasteiger partial charge in [-0.05, 0) is 26.1 Å². The lowest BCUT2D eigenvalue weighted by Gasteiger charge is -2.29. The molecule has 0 radical (unpaired) electrons. The van der Waals surface area contributed by atoms with Gasteiger partial charge in [0.1, 0.15) is 5.75 Å². The zero-order valence-corrected chi connectivity index (χ0v) is 10.3. The van der Waals surface area contributed by atoms with Crippen molar-refractivity contribution in [2.75, 3.05) is 26.9 Å². The van der Waals surface area contributed by atoms with Crippen LogP contribution < -0.4 is 10.1 Å². The average Bonchev–Trinajstić information content (AvgIpc) is 2.40. The highest BCUT2D eigenvalue weighted by Gasteiger charge is 2.22. The van der Waals surface area contributed by atoms with Gasteiger partial charge < -0.3 is 19.5 Å². The fourth-order valence-corrected chi connectivity index (χ4v) is 1.78. The molecule has 0 bridgehead atoms. The summed E-state index contributed by atoms with van der Waals surface area (Å²) in [6.45, 7) is 3.97. The molecule has 4 heteroatoms. The van der Waals surface area contributed by atoms with Crippen LogP contribution in [0, 0.1) is 0 Å². The zero-order valence-electron chi connectivity index (χ0n) is 10.3. The summed E-state index contributed by atoms with van der Waals surface area (Å²) >= 11 is 0. The van der Waals surface area contributed by atoms with Gasteiger partial charge in [0.15, 0.2) is 6.29 Å². The van der Waals surface area contributed by atoms with Crippen molar-refractivity contribution in [3.8, 4) is 5.75 Å². The van der Waals surface area contributed by atoms with Crippen molar-refractivity contribution in [2.24, 2.45) is 0 Å². The van der Waals surface area contributed by atoms with Crippen LogP contribution in [0.3, 0.4) is 0 Å². The van der Waals surface area contributed by atoms with Gasteiger partial charge in [0.2, 0.25) is 0 Å². The van der Waals surface area contributed by atoms with Crippen LogP contribution in [0.2, 0.25) is 0 Å². The monoisotopic (exact) mass is 237 g/mol. The minimum Gasteiger partial charge on any atom is -0.494 e. The molecule has 1 aromatic carbocycles. The Kier molecular flexibility index (Phi) is 4.36. The van der Waals surface area contributed by atoms with Gasteiger partial charge in [0.25, 0.3) is 0 Å². The van der Waals surface area contributed by atoms with Crippen LogP contribution in [0.15, 0.2) is 24.3 Å². The maximum absolute atomic E-state index is 5.66. The van der Waals surface area contributed by atoms with Gasteiger partial charge >= 0.3 is 0 Å². The molecule has 0 spiro atoms. The van der Waals surface area contributed by atoms with E-state index in [-0.39, 0.29) is 12.3 Å². The second kappa shape index (κ2) is 6.00. The third-order valence-corrected chi connectivity index (χ3v) is 2.75. The van der Waals surface area contributed by atoms with E-state index in [1.54, 1.807) is 0 Å². The van der Waals surface area contributed by atoms with Crippen molar-refractivity contribution in [3.63, 3.8) is 0 Å². The topological polar surface area (TPSA) is 39.7 Å². The lowest BCUT2D eigenvalue weighted by atomic mass is 10.2. The van der Waals surface area contributed by atoms with E-state index < -0.39 is 0 Å². The van der Waals surface area contributed by atoms with Gasteiger partial charge in [-0.2, -0.15) is 0 Å². The Balaban J connectivity index is 2.00. The Bertz CT molecular complexity index is 348. The number of benzene rings is 1. The molecule has 17 heavy (non-hydrogen) atoms. The molecular formula is C13H19NO3. The van der Waals surface area contributed by atoms with E-state index in [0.717, 1.165) is 11.3 Å². The molecule has 2 rings (SSSR count). The number of rotatable bonds is 4. The Labute approximate surface area is 102 Å². The van der Waals surface area contributed by atoms with Gasteiger partial charge in [0.05, 0.1) is 25.9 Å². The van der Waals surface area contributed by atoms with Gasteiger partial charge in [-0.15, -0.1) is 0 Å². The normalized spacial score (nSPS) is 24.6. The molecule has 0 aliphatic carbocycles. The van der Waals surface area contributed by atoms with E-state index in [4.69, 9.17) is 14.2 Å². The molecule has 0 unspecified atom stereocenters. The van der Waals surface area contributed by atoms with Gasteiger partial charge in [-0.3, -0.25) is 0 Å². The van der Waals surface area contributed by atoms with Gasteiger partial charge in [-0.25, -0.2) is 0 Å². The molecule has 1 aliphatic heterocycles. The maximum atomic E-state index is 5.66. The lowest BCUT2D eigenvalue weighted by Crippen LogP contribution is -2.40. The van der Waals surface area contributed by atoms with E-state index in [9.17, 15) is 0 Å². The second-order valence-electron chi connectivity index (χ2n) is 3.99. The number of hydrogen-bond acceptors (Lipinski definition) is 4. The van der Waals surface area contributed by atoms with E-state index in [1.807, 2.05) is 38.2 Å². The summed E-state index contributed by atoms with van der Waals surface area (Å²) in [6, 6.07) is 8.13. The van der Waals surface area contributed by atoms with Crippen molar-refractivity contribution in [2.45, 2.75) is 19.3 Å². The maximum Gasteiger partial charge on any atom is 0.184 e. The summed E-state index contributed by atoms with van der Waals surface area (Å²) in [5.74, 6) is 0.855. The molecule has 94 valence electrons. The van der Waals surface area contributed by atoms with Crippen molar-refractivity contribution in [3.05, 3.63) is 29.8 Å². The number of ether oxygens (including phenoxy) is 3. The minimum atomic E-state index is -0.278. The fourth-order valence-electron chi connectivity index (χ4n) is 1.78. The van der Waals surface area contributed by atoms with Gasteiger partial charge in [-0.1, -0.05) is 12.1 Å². The molecule has 0 amide bonds. The van der Waals surface area contributed by atoms with Crippen LogP contribution in [-0.4, -0.2) is 32.9 Å². The van der Waals surface area contributed by atoms with Gasteiger partial charge in [0, 0.05) is 5.56 Å². The number of hydrogen-bond donors (Lipinski definition) is 1. The summed E-state index contributed by atoms with van der Waals surface area (Å²) in [7, 11) is 1.91. The van der Waals surface area contributed by atoms with Crippen LogP contribution in [-0.2, 0) is 9.47 Å². The second-order valence-corrected chi connectivity index (χ2v) is 3.99. The first-order chi connectivity index (χ1) is 8.33. The predicted molar refractivity (Wildman–Crippen MR) is 65.1 cm³/mol. The first kappa shape index (κ1) is 12.4. The molecule has 4 nitrogen and oxygen atoms in total. The summed E-state index contributed by atoms with van der Waals surface area (Å²) in [4.78, 5) is 0. The highest BCUT2D eigenvalue weighted by molar-refractivity contribution is 5.29. The summed E-state index contributed by atoms with van der Waals surface area (Å²) < 4.78 is 16.8. The van der Waals surface area contributed by atoms with Crippen molar-refractivity contribution < 1.29 is 14.2 Å². The zero-order chi connectivity index (χ0) is 12.1. The fraction of sp³-hybridized carbons (Fsp3) is 0.538. The third-order valence-electron chi connectivity index (χ3n) is 2.75. The Morgan fingerprint density at radius 1 is 1.35 bits per heavy atom. The molecule has 1 aromatic rings. The van der Waals surface area contributed by atoms with Crippen molar-refractivity contribution in [1.82, 2.24) is 5.32 Å². The van der Waals surface area contributed by atoms with Crippen LogP contribution in [0.1, 0.15) is 18.8 Å². The molecule has 0 saturated carbocycles. The Hall–Kier alpha value is -1.10. The molecule has 1 saturated heterocycles. The Morgan fingerprint density at radius 3 is 2.76 bits per heavy atom. The molecule has 1 heterocycles. The quantitative estimate of drug-likeness (QED) is 0.865. The van der Waals surface area contributed by atoms with E-state index in [2.05, 4.69) is 5.32 Å². The number of likely N-dealkylation sites (N-methyl/N-ethyl adjacent to an activating group) is 1. The summed E-state index contributed by atoms with van der Waals surface area (Å²) in [5, 5.41) is 3.13. The SMILES string of the molecule is CCOc1cccc(C2OCC(NC)CO2)c1. The molecule has 1 N–H and O–H groups in total. The highest BCUT2D eigenvalue weighted by atomic mass is 16.7. The molecule has 1 aliphatic rings. The molecule has 1 fully saturated rings. The van der Waals surface area contributed by atoms with E-state index in [1.165, 1.54) is 0 Å². The standard InChI is InChI=1S/C13H19NO3/c1-3-15-12-6-4-5-10(7-12)13-16-8-11(14-2)9-17-13/h4-7,11,13-14H,3,8-9H2,1-2H3. The van der Waals surface area contributed by atoms with E-state index in [0.29, 0.717) is 19.8 Å². The average molecular weight is 237 g/mol. The largest absolute Gasteiger partial charge is 0.494 e. The minimum absolute atomic E-state index is 0.278.